The Bertz CT molecular complexity index is 555. The van der Waals surface area contributed by atoms with Crippen LogP contribution in [0.2, 0.25) is 0 Å². The third-order valence-electron chi connectivity index (χ3n) is 2.58. The van der Waals surface area contributed by atoms with Crippen LogP contribution in [0.5, 0.6) is 5.75 Å². The third kappa shape index (κ3) is 3.30. The van der Waals surface area contributed by atoms with Crippen LogP contribution in [0.4, 0.5) is 0 Å². The van der Waals surface area contributed by atoms with Gasteiger partial charge in [-0.2, -0.15) is 4.68 Å². The minimum absolute atomic E-state index is 0.382. The van der Waals surface area contributed by atoms with Gasteiger partial charge in [0.1, 0.15) is 5.75 Å². The third-order valence-corrected chi connectivity index (χ3v) is 3.20. The first-order valence-corrected chi connectivity index (χ1v) is 6.75. The van der Waals surface area contributed by atoms with Crippen molar-refractivity contribution in [3.8, 4) is 11.4 Å². The molecule has 0 unspecified atom stereocenters. The number of nitrogens with one attached hydrogen (secondary N) is 1. The number of rotatable bonds is 5. The van der Waals surface area contributed by atoms with Gasteiger partial charge in [0.25, 0.3) is 0 Å². The summed E-state index contributed by atoms with van der Waals surface area (Å²) in [7, 11) is 1.63. The highest BCUT2D eigenvalue weighted by Crippen LogP contribution is 2.26. The zero-order chi connectivity index (χ0) is 13.8. The van der Waals surface area contributed by atoms with E-state index in [1.807, 2.05) is 18.2 Å². The molecule has 1 heterocycles. The second-order valence-corrected chi connectivity index (χ2v) is 5.22. The number of aromatic nitrogens is 4. The van der Waals surface area contributed by atoms with Gasteiger partial charge in [0.05, 0.1) is 23.8 Å². The topological polar surface area (TPSA) is 64.9 Å². The molecule has 0 spiro atoms. The Hall–Kier alpha value is -1.47. The number of benzene rings is 1. The molecule has 2 rings (SSSR count). The summed E-state index contributed by atoms with van der Waals surface area (Å²) in [6, 6.07) is 6.10. The predicted octanol–water partition coefficient (Wildman–Crippen LogP) is 1.93. The van der Waals surface area contributed by atoms with Crippen LogP contribution < -0.4 is 10.1 Å². The van der Waals surface area contributed by atoms with Gasteiger partial charge >= 0.3 is 0 Å². The Balaban J connectivity index is 2.27. The minimum Gasteiger partial charge on any atom is -0.496 e. The standard InChI is InChI=1S/C12H16BrN5O/c1-8(2)14-7-12-15-16-17-18(12)9-4-5-11(19-3)10(13)6-9/h4-6,8,14H,7H2,1-3H3. The fourth-order valence-corrected chi connectivity index (χ4v) is 2.13. The molecule has 0 amide bonds. The lowest BCUT2D eigenvalue weighted by Gasteiger charge is -2.09. The number of halogens is 1. The molecule has 102 valence electrons. The van der Waals surface area contributed by atoms with E-state index >= 15 is 0 Å². The molecule has 0 aliphatic heterocycles. The molecule has 1 aromatic heterocycles. The normalized spacial score (nSPS) is 11.0. The van der Waals surface area contributed by atoms with Crippen molar-refractivity contribution in [1.29, 1.82) is 0 Å². The van der Waals surface area contributed by atoms with E-state index in [-0.39, 0.29) is 0 Å². The minimum atomic E-state index is 0.382. The van der Waals surface area contributed by atoms with Gasteiger partial charge in [-0.1, -0.05) is 13.8 Å². The summed E-state index contributed by atoms with van der Waals surface area (Å²) in [4.78, 5) is 0. The van der Waals surface area contributed by atoms with E-state index in [0.717, 1.165) is 21.7 Å². The van der Waals surface area contributed by atoms with Crippen molar-refractivity contribution in [2.24, 2.45) is 0 Å². The molecule has 0 saturated carbocycles. The highest BCUT2D eigenvalue weighted by molar-refractivity contribution is 9.10. The maximum atomic E-state index is 5.21. The van der Waals surface area contributed by atoms with Gasteiger partial charge in [-0.25, -0.2) is 0 Å². The molecule has 0 aliphatic rings. The average molecular weight is 326 g/mol. The lowest BCUT2D eigenvalue weighted by atomic mass is 10.3. The Morgan fingerprint density at radius 1 is 1.42 bits per heavy atom. The van der Waals surface area contributed by atoms with Gasteiger partial charge in [0, 0.05) is 6.04 Å². The fourth-order valence-electron chi connectivity index (χ4n) is 1.60. The lowest BCUT2D eigenvalue weighted by Crippen LogP contribution is -2.24. The predicted molar refractivity (Wildman–Crippen MR) is 75.4 cm³/mol. The van der Waals surface area contributed by atoms with Crippen LogP contribution in [0.25, 0.3) is 5.69 Å². The highest BCUT2D eigenvalue weighted by Gasteiger charge is 2.10. The smallest absolute Gasteiger partial charge is 0.170 e. The summed E-state index contributed by atoms with van der Waals surface area (Å²) in [6.45, 7) is 4.78. The van der Waals surface area contributed by atoms with E-state index < -0.39 is 0 Å². The summed E-state index contributed by atoms with van der Waals surface area (Å²) >= 11 is 3.46. The molecule has 0 atom stereocenters. The Morgan fingerprint density at radius 2 is 2.21 bits per heavy atom. The van der Waals surface area contributed by atoms with Crippen LogP contribution in [0, 0.1) is 0 Å². The van der Waals surface area contributed by atoms with Crippen LogP contribution in [0.15, 0.2) is 22.7 Å². The summed E-state index contributed by atoms with van der Waals surface area (Å²) in [5, 5.41) is 15.1. The second-order valence-electron chi connectivity index (χ2n) is 4.36. The Morgan fingerprint density at radius 3 is 2.84 bits per heavy atom. The molecule has 0 aliphatic carbocycles. The molecule has 0 fully saturated rings. The monoisotopic (exact) mass is 325 g/mol. The second kappa shape index (κ2) is 6.12. The Kier molecular flexibility index (Phi) is 4.49. The van der Waals surface area contributed by atoms with Crippen LogP contribution in [0.3, 0.4) is 0 Å². The quantitative estimate of drug-likeness (QED) is 0.910. The molecule has 0 saturated heterocycles. The van der Waals surface area contributed by atoms with Crippen molar-refractivity contribution in [3.05, 3.63) is 28.5 Å². The van der Waals surface area contributed by atoms with E-state index in [1.165, 1.54) is 0 Å². The number of hydrogen-bond acceptors (Lipinski definition) is 5. The van der Waals surface area contributed by atoms with Crippen molar-refractivity contribution in [3.63, 3.8) is 0 Å². The molecular formula is C12H16BrN5O. The van der Waals surface area contributed by atoms with Gasteiger partial charge in [-0.05, 0) is 44.6 Å². The number of tetrazole rings is 1. The largest absolute Gasteiger partial charge is 0.496 e. The number of hydrogen-bond donors (Lipinski definition) is 1. The molecule has 1 aromatic carbocycles. The highest BCUT2D eigenvalue weighted by atomic mass is 79.9. The lowest BCUT2D eigenvalue weighted by molar-refractivity contribution is 0.412. The summed E-state index contributed by atoms with van der Waals surface area (Å²) in [6.07, 6.45) is 0. The van der Waals surface area contributed by atoms with Crippen molar-refractivity contribution in [2.45, 2.75) is 26.4 Å². The number of methoxy groups -OCH3 is 1. The first kappa shape index (κ1) is 14.0. The summed E-state index contributed by atoms with van der Waals surface area (Å²) in [5.41, 5.74) is 0.887. The van der Waals surface area contributed by atoms with Crippen molar-refractivity contribution < 1.29 is 4.74 Å². The van der Waals surface area contributed by atoms with Gasteiger partial charge < -0.3 is 10.1 Å². The fraction of sp³-hybridized carbons (Fsp3) is 0.417. The number of ether oxygens (including phenoxy) is 1. The van der Waals surface area contributed by atoms with E-state index in [2.05, 4.69) is 50.6 Å². The zero-order valence-corrected chi connectivity index (χ0v) is 12.7. The molecule has 0 radical (unpaired) electrons. The maximum absolute atomic E-state index is 5.21. The van der Waals surface area contributed by atoms with Crippen LogP contribution >= 0.6 is 15.9 Å². The zero-order valence-electron chi connectivity index (χ0n) is 11.1. The van der Waals surface area contributed by atoms with Crippen LogP contribution in [-0.4, -0.2) is 33.4 Å². The molecule has 0 bridgehead atoms. The molecular weight excluding hydrogens is 310 g/mol. The molecule has 7 heteroatoms. The van der Waals surface area contributed by atoms with Gasteiger partial charge in [0.2, 0.25) is 0 Å². The van der Waals surface area contributed by atoms with Gasteiger partial charge in [0.15, 0.2) is 5.82 Å². The van der Waals surface area contributed by atoms with Gasteiger partial charge in [-0.15, -0.1) is 5.10 Å². The van der Waals surface area contributed by atoms with Gasteiger partial charge in [-0.3, -0.25) is 0 Å². The Labute approximate surface area is 120 Å². The maximum Gasteiger partial charge on any atom is 0.170 e. The first-order valence-electron chi connectivity index (χ1n) is 5.96. The average Bonchev–Trinajstić information content (AvgIpc) is 2.84. The van der Waals surface area contributed by atoms with E-state index in [4.69, 9.17) is 4.74 Å². The summed E-state index contributed by atoms with van der Waals surface area (Å²) in [5.74, 6) is 1.55. The van der Waals surface area contributed by atoms with E-state index in [0.29, 0.717) is 12.6 Å². The summed E-state index contributed by atoms with van der Waals surface area (Å²) < 4.78 is 7.78. The molecule has 19 heavy (non-hydrogen) atoms. The van der Waals surface area contributed by atoms with Crippen molar-refractivity contribution in [1.82, 2.24) is 25.5 Å². The van der Waals surface area contributed by atoms with Crippen molar-refractivity contribution >= 4 is 15.9 Å². The van der Waals surface area contributed by atoms with Crippen LogP contribution in [-0.2, 0) is 6.54 Å². The van der Waals surface area contributed by atoms with Crippen LogP contribution in [0.1, 0.15) is 19.7 Å². The SMILES string of the molecule is COc1ccc(-n2nnnc2CNC(C)C)cc1Br. The molecule has 2 aromatic rings. The molecule has 6 nitrogen and oxygen atoms in total. The molecule has 1 N–H and O–H groups in total. The number of nitrogens with zero attached hydrogens (tertiary/aromatic N) is 4. The van der Waals surface area contributed by atoms with E-state index in [9.17, 15) is 0 Å². The van der Waals surface area contributed by atoms with E-state index in [1.54, 1.807) is 11.8 Å². The first-order chi connectivity index (χ1) is 9.11. The van der Waals surface area contributed by atoms with Crippen molar-refractivity contribution in [2.75, 3.05) is 7.11 Å².